The molecule has 4 nitrogen and oxygen atoms in total. The number of nitrogens with zero attached hydrogens (tertiary/aromatic N) is 1. The van der Waals surface area contributed by atoms with Gasteiger partial charge < -0.3 is 15.0 Å². The number of hydrogen-bond donors (Lipinski definition) is 1. The van der Waals surface area contributed by atoms with Crippen LogP contribution in [0.15, 0.2) is 24.3 Å². The van der Waals surface area contributed by atoms with Gasteiger partial charge in [0.1, 0.15) is 5.75 Å². The number of rotatable bonds is 5. The first kappa shape index (κ1) is 13.9. The van der Waals surface area contributed by atoms with Crippen LogP contribution in [-0.4, -0.2) is 44.1 Å². The maximum absolute atomic E-state index is 12.4. The fourth-order valence-electron chi connectivity index (χ4n) is 2.73. The predicted octanol–water partition coefficient (Wildman–Crippen LogP) is 1.45. The number of likely N-dealkylation sites (N-methyl/N-ethyl adjacent to an activating group) is 1. The van der Waals surface area contributed by atoms with Crippen molar-refractivity contribution < 1.29 is 9.53 Å². The van der Waals surface area contributed by atoms with E-state index in [1.807, 2.05) is 36.2 Å². The Morgan fingerprint density at radius 3 is 3.00 bits per heavy atom. The molecule has 0 saturated carbocycles. The smallest absolute Gasteiger partial charge is 0.227 e. The van der Waals surface area contributed by atoms with Crippen LogP contribution in [0.3, 0.4) is 0 Å². The Bertz CT molecular complexity index is 434. The van der Waals surface area contributed by atoms with Gasteiger partial charge in [-0.1, -0.05) is 18.2 Å². The number of para-hydroxylation sites is 1. The Kier molecular flexibility index (Phi) is 4.80. The summed E-state index contributed by atoms with van der Waals surface area (Å²) < 4.78 is 5.30. The maximum atomic E-state index is 12.4. The van der Waals surface area contributed by atoms with Gasteiger partial charge in [-0.15, -0.1) is 0 Å². The van der Waals surface area contributed by atoms with Crippen LogP contribution in [0.2, 0.25) is 0 Å². The zero-order valence-electron chi connectivity index (χ0n) is 11.7. The summed E-state index contributed by atoms with van der Waals surface area (Å²) >= 11 is 0. The van der Waals surface area contributed by atoms with Crippen LogP contribution in [0.1, 0.15) is 18.4 Å². The lowest BCUT2D eigenvalue weighted by atomic mass is 10.1. The van der Waals surface area contributed by atoms with Crippen LogP contribution in [0.25, 0.3) is 0 Å². The molecule has 1 atom stereocenters. The lowest BCUT2D eigenvalue weighted by Gasteiger charge is -2.25. The molecule has 4 heteroatoms. The molecule has 1 N–H and O–H groups in total. The van der Waals surface area contributed by atoms with E-state index in [0.717, 1.165) is 37.2 Å². The van der Waals surface area contributed by atoms with Crippen molar-refractivity contribution in [3.8, 4) is 5.75 Å². The van der Waals surface area contributed by atoms with Crippen molar-refractivity contribution in [2.75, 3.05) is 27.2 Å². The number of carbonyl (C=O) groups is 1. The van der Waals surface area contributed by atoms with E-state index < -0.39 is 0 Å². The second-order valence-electron chi connectivity index (χ2n) is 4.93. The van der Waals surface area contributed by atoms with Gasteiger partial charge in [-0.25, -0.2) is 0 Å². The van der Waals surface area contributed by atoms with Crippen molar-refractivity contribution in [2.24, 2.45) is 0 Å². The van der Waals surface area contributed by atoms with Crippen molar-refractivity contribution in [1.29, 1.82) is 0 Å². The first-order valence-corrected chi connectivity index (χ1v) is 6.82. The molecule has 1 aromatic carbocycles. The van der Waals surface area contributed by atoms with Crippen molar-refractivity contribution in [2.45, 2.75) is 25.3 Å². The van der Waals surface area contributed by atoms with E-state index in [4.69, 9.17) is 4.74 Å². The average molecular weight is 262 g/mol. The van der Waals surface area contributed by atoms with E-state index >= 15 is 0 Å². The SMILES string of the molecule is CNCC1CCCN1C(=O)Cc1ccccc1OC. The van der Waals surface area contributed by atoms with Gasteiger partial charge in [0, 0.05) is 24.7 Å². The van der Waals surface area contributed by atoms with Gasteiger partial charge >= 0.3 is 0 Å². The molecular formula is C15H22N2O2. The number of likely N-dealkylation sites (tertiary alicyclic amines) is 1. The van der Waals surface area contributed by atoms with E-state index in [2.05, 4.69) is 5.32 Å². The van der Waals surface area contributed by atoms with Gasteiger partial charge in [0.05, 0.1) is 13.5 Å². The van der Waals surface area contributed by atoms with E-state index in [0.29, 0.717) is 12.5 Å². The highest BCUT2D eigenvalue weighted by molar-refractivity contribution is 5.80. The largest absolute Gasteiger partial charge is 0.496 e. The molecule has 104 valence electrons. The zero-order chi connectivity index (χ0) is 13.7. The summed E-state index contributed by atoms with van der Waals surface area (Å²) in [6, 6.07) is 8.07. The second kappa shape index (κ2) is 6.57. The Morgan fingerprint density at radius 1 is 1.47 bits per heavy atom. The number of amides is 1. The highest BCUT2D eigenvalue weighted by atomic mass is 16.5. The zero-order valence-corrected chi connectivity index (χ0v) is 11.7. The fourth-order valence-corrected chi connectivity index (χ4v) is 2.73. The normalized spacial score (nSPS) is 18.6. The predicted molar refractivity (Wildman–Crippen MR) is 75.4 cm³/mol. The van der Waals surface area contributed by atoms with Crippen LogP contribution < -0.4 is 10.1 Å². The third kappa shape index (κ3) is 3.26. The van der Waals surface area contributed by atoms with Gasteiger partial charge in [-0.3, -0.25) is 4.79 Å². The third-order valence-corrected chi connectivity index (χ3v) is 3.67. The Morgan fingerprint density at radius 2 is 2.26 bits per heavy atom. The molecule has 1 saturated heterocycles. The molecule has 0 spiro atoms. The van der Waals surface area contributed by atoms with E-state index in [-0.39, 0.29) is 5.91 Å². The molecular weight excluding hydrogens is 240 g/mol. The van der Waals surface area contributed by atoms with Crippen LogP contribution >= 0.6 is 0 Å². The van der Waals surface area contributed by atoms with Gasteiger partial charge in [0.2, 0.25) is 5.91 Å². The molecule has 1 amide bonds. The Hall–Kier alpha value is -1.55. The molecule has 0 aliphatic carbocycles. The van der Waals surface area contributed by atoms with Gasteiger partial charge in [0.15, 0.2) is 0 Å². The molecule has 0 aromatic heterocycles. The second-order valence-corrected chi connectivity index (χ2v) is 4.93. The summed E-state index contributed by atoms with van der Waals surface area (Å²) in [6.07, 6.45) is 2.62. The van der Waals surface area contributed by atoms with Crippen LogP contribution in [0.5, 0.6) is 5.75 Å². The molecule has 1 unspecified atom stereocenters. The number of nitrogens with one attached hydrogen (secondary N) is 1. The van der Waals surface area contributed by atoms with Crippen molar-refractivity contribution in [3.05, 3.63) is 29.8 Å². The maximum Gasteiger partial charge on any atom is 0.227 e. The topological polar surface area (TPSA) is 41.6 Å². The minimum absolute atomic E-state index is 0.197. The fraction of sp³-hybridized carbons (Fsp3) is 0.533. The Balaban J connectivity index is 2.04. The molecule has 1 fully saturated rings. The molecule has 19 heavy (non-hydrogen) atoms. The summed E-state index contributed by atoms with van der Waals surface area (Å²) in [5, 5.41) is 3.16. The first-order valence-electron chi connectivity index (χ1n) is 6.82. The van der Waals surface area contributed by atoms with Crippen LogP contribution in [0, 0.1) is 0 Å². The minimum atomic E-state index is 0.197. The lowest BCUT2D eigenvalue weighted by Crippen LogP contribution is -2.41. The highest BCUT2D eigenvalue weighted by Gasteiger charge is 2.28. The number of benzene rings is 1. The number of ether oxygens (including phenoxy) is 1. The number of carbonyl (C=O) groups excluding carboxylic acids is 1. The van der Waals surface area contributed by atoms with E-state index in [9.17, 15) is 4.79 Å². The van der Waals surface area contributed by atoms with Crippen molar-refractivity contribution >= 4 is 5.91 Å². The van der Waals surface area contributed by atoms with Crippen LogP contribution in [0.4, 0.5) is 0 Å². The van der Waals surface area contributed by atoms with Gasteiger partial charge in [-0.05, 0) is 26.0 Å². The molecule has 2 rings (SSSR count). The van der Waals surface area contributed by atoms with E-state index in [1.54, 1.807) is 7.11 Å². The third-order valence-electron chi connectivity index (χ3n) is 3.67. The molecule has 0 radical (unpaired) electrons. The van der Waals surface area contributed by atoms with Crippen molar-refractivity contribution in [3.63, 3.8) is 0 Å². The molecule has 1 aromatic rings. The summed E-state index contributed by atoms with van der Waals surface area (Å²) in [6.45, 7) is 1.75. The molecule has 0 bridgehead atoms. The lowest BCUT2D eigenvalue weighted by molar-refractivity contribution is -0.131. The number of methoxy groups -OCH3 is 1. The van der Waals surface area contributed by atoms with E-state index in [1.165, 1.54) is 0 Å². The number of hydrogen-bond acceptors (Lipinski definition) is 3. The monoisotopic (exact) mass is 262 g/mol. The van der Waals surface area contributed by atoms with Gasteiger partial charge in [0.25, 0.3) is 0 Å². The average Bonchev–Trinajstić information content (AvgIpc) is 2.88. The van der Waals surface area contributed by atoms with Gasteiger partial charge in [-0.2, -0.15) is 0 Å². The van der Waals surface area contributed by atoms with Crippen molar-refractivity contribution in [1.82, 2.24) is 10.2 Å². The highest BCUT2D eigenvalue weighted by Crippen LogP contribution is 2.22. The standard InChI is InChI=1S/C15H22N2O2/c1-16-11-13-7-5-9-17(13)15(18)10-12-6-3-4-8-14(12)19-2/h3-4,6,8,13,16H,5,7,9-11H2,1-2H3. The quantitative estimate of drug-likeness (QED) is 0.873. The summed E-state index contributed by atoms with van der Waals surface area (Å²) in [5.74, 6) is 0.988. The molecule has 1 aliphatic rings. The molecule has 1 aliphatic heterocycles. The summed E-state index contributed by atoms with van der Waals surface area (Å²) in [4.78, 5) is 14.4. The Labute approximate surface area is 114 Å². The minimum Gasteiger partial charge on any atom is -0.496 e. The summed E-state index contributed by atoms with van der Waals surface area (Å²) in [7, 11) is 3.57. The van der Waals surface area contributed by atoms with Crippen LogP contribution in [-0.2, 0) is 11.2 Å². The molecule has 1 heterocycles. The first-order chi connectivity index (χ1) is 9.26. The summed E-state index contributed by atoms with van der Waals surface area (Å²) in [5.41, 5.74) is 0.963.